The highest BCUT2D eigenvalue weighted by atomic mass is 16.6. The topological polar surface area (TPSA) is 117 Å². The fourth-order valence-corrected chi connectivity index (χ4v) is 1.98. The molecule has 0 saturated carbocycles. The average molecular weight is 316 g/mol. The van der Waals surface area contributed by atoms with Crippen molar-refractivity contribution in [3.8, 4) is 0 Å². The van der Waals surface area contributed by atoms with Gasteiger partial charge in [0.1, 0.15) is 11.4 Å². The number of aromatic nitrogens is 1. The summed E-state index contributed by atoms with van der Waals surface area (Å²) in [4.78, 5) is 36.2. The van der Waals surface area contributed by atoms with Crippen molar-refractivity contribution in [1.82, 2.24) is 10.3 Å². The van der Waals surface area contributed by atoms with Crippen molar-refractivity contribution in [3.05, 3.63) is 57.9 Å². The molecule has 1 heterocycles. The Kier molecular flexibility index (Phi) is 5.08. The first kappa shape index (κ1) is 16.2. The number of Topliss-reactive ketones (excluding diaryl/α,β-unsaturated/α-hetero) is 1. The molecule has 0 aliphatic heterocycles. The molecule has 0 radical (unpaired) electrons. The van der Waals surface area contributed by atoms with E-state index in [1.54, 1.807) is 18.2 Å². The Balaban J connectivity index is 1.84. The van der Waals surface area contributed by atoms with Crippen molar-refractivity contribution < 1.29 is 14.5 Å². The Morgan fingerprint density at radius 2 is 2.00 bits per heavy atom. The van der Waals surface area contributed by atoms with Crippen molar-refractivity contribution in [2.45, 2.75) is 6.92 Å². The van der Waals surface area contributed by atoms with Gasteiger partial charge in [0.2, 0.25) is 0 Å². The molecule has 0 saturated heterocycles. The van der Waals surface area contributed by atoms with Crippen LogP contribution in [0.4, 0.5) is 11.4 Å². The molecule has 8 nitrogen and oxygen atoms in total. The summed E-state index contributed by atoms with van der Waals surface area (Å²) in [5.41, 5.74) is 1.11. The number of benzene rings is 1. The second-order valence-corrected chi connectivity index (χ2v) is 4.82. The number of rotatable bonds is 7. The summed E-state index contributed by atoms with van der Waals surface area (Å²) in [6.07, 6.45) is 1.48. The van der Waals surface area contributed by atoms with Crippen LogP contribution in [0, 0.1) is 10.1 Å². The molecule has 1 aromatic carbocycles. The minimum absolute atomic E-state index is 0.0192. The predicted octanol–water partition coefficient (Wildman–Crippen LogP) is 1.97. The van der Waals surface area contributed by atoms with Crippen molar-refractivity contribution in [2.75, 3.05) is 18.4 Å². The van der Waals surface area contributed by atoms with Crippen LogP contribution in [-0.4, -0.2) is 34.7 Å². The Labute approximate surface area is 132 Å². The zero-order valence-electron chi connectivity index (χ0n) is 12.5. The van der Waals surface area contributed by atoms with Crippen LogP contribution < -0.4 is 10.6 Å². The Bertz CT molecular complexity index is 739. The summed E-state index contributed by atoms with van der Waals surface area (Å²) in [5, 5.41) is 16.4. The highest BCUT2D eigenvalue weighted by Gasteiger charge is 2.12. The van der Waals surface area contributed by atoms with Gasteiger partial charge in [0.25, 0.3) is 11.6 Å². The highest BCUT2D eigenvalue weighted by Crippen LogP contribution is 2.22. The zero-order chi connectivity index (χ0) is 16.8. The molecule has 1 aromatic heterocycles. The maximum Gasteiger partial charge on any atom is 0.292 e. The van der Waals surface area contributed by atoms with Gasteiger partial charge in [-0.1, -0.05) is 12.1 Å². The SMILES string of the molecule is CC(=O)c1c[nH]c(C(=O)NCCNc2ccccc2[N+](=O)[O-])c1. The summed E-state index contributed by atoms with van der Waals surface area (Å²) in [6.45, 7) is 2.03. The molecular weight excluding hydrogens is 300 g/mol. The standard InChI is InChI=1S/C15H16N4O4/c1-10(20)11-8-13(18-9-11)15(21)17-7-6-16-12-4-2-3-5-14(12)19(22)23/h2-5,8-9,16,18H,6-7H2,1H3,(H,17,21). The molecule has 2 aromatic rings. The van der Waals surface area contributed by atoms with Crippen LogP contribution in [0.1, 0.15) is 27.8 Å². The number of hydrogen-bond acceptors (Lipinski definition) is 5. The van der Waals surface area contributed by atoms with E-state index in [0.29, 0.717) is 23.5 Å². The Hall–Kier alpha value is -3.16. The second-order valence-electron chi connectivity index (χ2n) is 4.82. The first-order chi connectivity index (χ1) is 11.0. The third kappa shape index (κ3) is 4.16. The van der Waals surface area contributed by atoms with Crippen LogP contribution in [0.2, 0.25) is 0 Å². The van der Waals surface area contributed by atoms with Crippen LogP contribution in [0.15, 0.2) is 36.5 Å². The third-order valence-corrected chi connectivity index (χ3v) is 3.16. The first-order valence-electron chi connectivity index (χ1n) is 6.94. The third-order valence-electron chi connectivity index (χ3n) is 3.16. The molecular formula is C15H16N4O4. The van der Waals surface area contributed by atoms with E-state index in [9.17, 15) is 19.7 Å². The van der Waals surface area contributed by atoms with Crippen LogP contribution in [-0.2, 0) is 0 Å². The fraction of sp³-hybridized carbons (Fsp3) is 0.200. The summed E-state index contributed by atoms with van der Waals surface area (Å²) < 4.78 is 0. The highest BCUT2D eigenvalue weighted by molar-refractivity contribution is 5.99. The van der Waals surface area contributed by atoms with E-state index in [1.807, 2.05) is 0 Å². The van der Waals surface area contributed by atoms with Crippen LogP contribution in [0.5, 0.6) is 0 Å². The molecule has 0 fully saturated rings. The van der Waals surface area contributed by atoms with E-state index in [0.717, 1.165) is 0 Å². The van der Waals surface area contributed by atoms with Crippen molar-refractivity contribution in [1.29, 1.82) is 0 Å². The summed E-state index contributed by atoms with van der Waals surface area (Å²) in [7, 11) is 0. The van der Waals surface area contributed by atoms with Crippen LogP contribution >= 0.6 is 0 Å². The molecule has 120 valence electrons. The maximum atomic E-state index is 11.9. The number of nitrogens with zero attached hydrogens (tertiary/aromatic N) is 1. The Morgan fingerprint density at radius 3 is 2.65 bits per heavy atom. The molecule has 0 aliphatic rings. The van der Waals surface area contributed by atoms with Gasteiger partial charge >= 0.3 is 0 Å². The van der Waals surface area contributed by atoms with E-state index < -0.39 is 4.92 Å². The van der Waals surface area contributed by atoms with E-state index >= 15 is 0 Å². The number of ketones is 1. The van der Waals surface area contributed by atoms with Gasteiger partial charge in [-0.05, 0) is 19.1 Å². The smallest absolute Gasteiger partial charge is 0.292 e. The fourth-order valence-electron chi connectivity index (χ4n) is 1.98. The second kappa shape index (κ2) is 7.21. The number of aromatic amines is 1. The average Bonchev–Trinajstić information content (AvgIpc) is 3.02. The van der Waals surface area contributed by atoms with Gasteiger partial charge in [0.15, 0.2) is 5.78 Å². The molecule has 8 heteroatoms. The molecule has 0 bridgehead atoms. The molecule has 3 N–H and O–H groups in total. The van der Waals surface area contributed by atoms with Gasteiger partial charge in [-0.2, -0.15) is 0 Å². The number of anilines is 1. The molecule has 0 spiro atoms. The quantitative estimate of drug-likeness (QED) is 0.312. The molecule has 0 unspecified atom stereocenters. The number of carbonyl (C=O) groups is 2. The zero-order valence-corrected chi connectivity index (χ0v) is 12.5. The molecule has 0 atom stereocenters. The lowest BCUT2D eigenvalue weighted by molar-refractivity contribution is -0.384. The molecule has 0 aliphatic carbocycles. The molecule has 1 amide bonds. The number of carbonyl (C=O) groups excluding carboxylic acids is 2. The van der Waals surface area contributed by atoms with Gasteiger partial charge in [0.05, 0.1) is 4.92 Å². The lowest BCUT2D eigenvalue weighted by atomic mass is 10.2. The largest absolute Gasteiger partial charge is 0.378 e. The van der Waals surface area contributed by atoms with E-state index in [4.69, 9.17) is 0 Å². The normalized spacial score (nSPS) is 10.1. The van der Waals surface area contributed by atoms with E-state index in [-0.39, 0.29) is 23.9 Å². The van der Waals surface area contributed by atoms with Crippen molar-refractivity contribution in [3.63, 3.8) is 0 Å². The number of nitro groups is 1. The minimum atomic E-state index is -0.469. The number of nitro benzene ring substituents is 1. The van der Waals surface area contributed by atoms with Gasteiger partial charge in [-0.25, -0.2) is 0 Å². The number of nitrogens with one attached hydrogen (secondary N) is 3. The number of H-pyrrole nitrogens is 1. The van der Waals surface area contributed by atoms with E-state index in [1.165, 1.54) is 25.3 Å². The predicted molar refractivity (Wildman–Crippen MR) is 84.7 cm³/mol. The molecule has 23 heavy (non-hydrogen) atoms. The summed E-state index contributed by atoms with van der Waals surface area (Å²) >= 11 is 0. The maximum absolute atomic E-state index is 11.9. The van der Waals surface area contributed by atoms with E-state index in [2.05, 4.69) is 15.6 Å². The molecule has 2 rings (SSSR count). The van der Waals surface area contributed by atoms with Crippen LogP contribution in [0.3, 0.4) is 0 Å². The monoisotopic (exact) mass is 316 g/mol. The summed E-state index contributed by atoms with van der Waals surface area (Å²) in [6, 6.07) is 7.76. The Morgan fingerprint density at radius 1 is 1.26 bits per heavy atom. The lowest BCUT2D eigenvalue weighted by Crippen LogP contribution is -2.29. The number of hydrogen-bond donors (Lipinski definition) is 3. The lowest BCUT2D eigenvalue weighted by Gasteiger charge is -2.07. The van der Waals surface area contributed by atoms with Crippen molar-refractivity contribution >= 4 is 23.1 Å². The van der Waals surface area contributed by atoms with Gasteiger partial charge < -0.3 is 15.6 Å². The summed E-state index contributed by atoms with van der Waals surface area (Å²) in [5.74, 6) is -0.472. The number of amides is 1. The number of para-hydroxylation sites is 2. The van der Waals surface area contributed by atoms with Gasteiger partial charge in [-0.15, -0.1) is 0 Å². The van der Waals surface area contributed by atoms with Crippen LogP contribution in [0.25, 0.3) is 0 Å². The van der Waals surface area contributed by atoms with Gasteiger partial charge in [0, 0.05) is 30.9 Å². The first-order valence-corrected chi connectivity index (χ1v) is 6.94. The van der Waals surface area contributed by atoms with Gasteiger partial charge in [-0.3, -0.25) is 19.7 Å². The minimum Gasteiger partial charge on any atom is -0.378 e. The van der Waals surface area contributed by atoms with Crippen molar-refractivity contribution in [2.24, 2.45) is 0 Å².